The van der Waals surface area contributed by atoms with Crippen molar-refractivity contribution in [2.45, 2.75) is 20.4 Å². The second-order valence-electron chi connectivity index (χ2n) is 4.69. The predicted molar refractivity (Wildman–Crippen MR) is 79.6 cm³/mol. The molecule has 1 amide bonds. The van der Waals surface area contributed by atoms with Crippen LogP contribution in [-0.4, -0.2) is 27.8 Å². The fraction of sp³-hybridized carbons (Fsp3) is 0.250. The smallest absolute Gasteiger partial charge is 0.251 e. The standard InChI is InChI=1S/C16H17N3O2/c1-11-5-6-13(4-3-7-20)8-15(11)16(21)17-9-14-10-18-19-12(14)2/h5-6,8,10,20H,7,9H2,1-2H3,(H,17,21)(H,18,19). The molecule has 0 aliphatic heterocycles. The van der Waals surface area contributed by atoms with E-state index >= 15 is 0 Å². The van der Waals surface area contributed by atoms with Crippen LogP contribution in [0.3, 0.4) is 0 Å². The molecule has 108 valence electrons. The van der Waals surface area contributed by atoms with Crippen molar-refractivity contribution in [3.63, 3.8) is 0 Å². The van der Waals surface area contributed by atoms with Gasteiger partial charge < -0.3 is 10.4 Å². The van der Waals surface area contributed by atoms with Crippen molar-refractivity contribution in [1.29, 1.82) is 0 Å². The minimum Gasteiger partial charge on any atom is -0.384 e. The van der Waals surface area contributed by atoms with Crippen LogP contribution >= 0.6 is 0 Å². The zero-order chi connectivity index (χ0) is 15.2. The summed E-state index contributed by atoms with van der Waals surface area (Å²) < 4.78 is 0. The summed E-state index contributed by atoms with van der Waals surface area (Å²) in [6, 6.07) is 5.41. The highest BCUT2D eigenvalue weighted by Crippen LogP contribution is 2.11. The van der Waals surface area contributed by atoms with Gasteiger partial charge in [0.1, 0.15) is 6.61 Å². The van der Waals surface area contributed by atoms with E-state index in [-0.39, 0.29) is 12.5 Å². The molecule has 1 aromatic heterocycles. The van der Waals surface area contributed by atoms with Gasteiger partial charge in [0.2, 0.25) is 0 Å². The minimum atomic E-state index is -0.199. The quantitative estimate of drug-likeness (QED) is 0.743. The molecule has 0 atom stereocenters. The Morgan fingerprint density at radius 2 is 2.24 bits per heavy atom. The minimum absolute atomic E-state index is 0.152. The van der Waals surface area contributed by atoms with Crippen molar-refractivity contribution >= 4 is 5.91 Å². The number of benzene rings is 1. The van der Waals surface area contributed by atoms with Gasteiger partial charge in [0.05, 0.1) is 6.20 Å². The predicted octanol–water partition coefficient (Wildman–Crippen LogP) is 1.30. The highest BCUT2D eigenvalue weighted by Gasteiger charge is 2.10. The maximum absolute atomic E-state index is 12.3. The number of carbonyl (C=O) groups is 1. The van der Waals surface area contributed by atoms with Gasteiger partial charge in [-0.1, -0.05) is 17.9 Å². The summed E-state index contributed by atoms with van der Waals surface area (Å²) in [5, 5.41) is 18.3. The van der Waals surface area contributed by atoms with Crippen LogP contribution < -0.4 is 5.32 Å². The summed E-state index contributed by atoms with van der Waals surface area (Å²) in [7, 11) is 0. The SMILES string of the molecule is Cc1ccc(C#CCO)cc1C(=O)NCc1cn[nH]c1C. The fourth-order valence-corrected chi connectivity index (χ4v) is 1.91. The number of aryl methyl sites for hydroxylation is 2. The Kier molecular flexibility index (Phi) is 4.75. The van der Waals surface area contributed by atoms with E-state index < -0.39 is 0 Å². The van der Waals surface area contributed by atoms with Crippen LogP contribution in [0.15, 0.2) is 24.4 Å². The first-order valence-electron chi connectivity index (χ1n) is 6.59. The summed E-state index contributed by atoms with van der Waals surface area (Å²) in [4.78, 5) is 12.3. The molecule has 5 heteroatoms. The summed E-state index contributed by atoms with van der Waals surface area (Å²) in [6.45, 7) is 4.01. The number of hydrogen-bond donors (Lipinski definition) is 3. The lowest BCUT2D eigenvalue weighted by atomic mass is 10.0. The number of nitrogens with one attached hydrogen (secondary N) is 2. The van der Waals surface area contributed by atoms with E-state index in [2.05, 4.69) is 27.4 Å². The average molecular weight is 283 g/mol. The maximum Gasteiger partial charge on any atom is 0.251 e. The highest BCUT2D eigenvalue weighted by molar-refractivity contribution is 5.96. The number of aliphatic hydroxyl groups excluding tert-OH is 1. The number of aliphatic hydroxyl groups is 1. The average Bonchev–Trinajstić information content (AvgIpc) is 2.89. The molecule has 0 saturated heterocycles. The second kappa shape index (κ2) is 6.73. The summed E-state index contributed by atoms with van der Waals surface area (Å²) in [5.74, 6) is 5.22. The largest absolute Gasteiger partial charge is 0.384 e. The van der Waals surface area contributed by atoms with Crippen LogP contribution in [0.25, 0.3) is 0 Å². The number of amides is 1. The lowest BCUT2D eigenvalue weighted by Crippen LogP contribution is -2.23. The third-order valence-corrected chi connectivity index (χ3v) is 3.17. The van der Waals surface area contributed by atoms with E-state index in [0.29, 0.717) is 17.7 Å². The molecule has 1 aromatic carbocycles. The Balaban J connectivity index is 2.13. The van der Waals surface area contributed by atoms with E-state index in [4.69, 9.17) is 5.11 Å². The zero-order valence-corrected chi connectivity index (χ0v) is 12.0. The fourth-order valence-electron chi connectivity index (χ4n) is 1.91. The van der Waals surface area contributed by atoms with Gasteiger partial charge in [-0.25, -0.2) is 0 Å². The van der Waals surface area contributed by atoms with Crippen molar-refractivity contribution in [1.82, 2.24) is 15.5 Å². The number of nitrogens with zero attached hydrogens (tertiary/aromatic N) is 1. The number of H-pyrrole nitrogens is 1. The summed E-state index contributed by atoms with van der Waals surface area (Å²) in [5.41, 5.74) is 4.07. The van der Waals surface area contributed by atoms with Gasteiger partial charge in [-0.2, -0.15) is 5.10 Å². The van der Waals surface area contributed by atoms with Crippen molar-refractivity contribution in [2.75, 3.05) is 6.61 Å². The lowest BCUT2D eigenvalue weighted by Gasteiger charge is -2.08. The Labute approximate surface area is 123 Å². The van der Waals surface area contributed by atoms with Crippen molar-refractivity contribution in [2.24, 2.45) is 0 Å². The van der Waals surface area contributed by atoms with Crippen LogP contribution in [0.4, 0.5) is 0 Å². The molecular formula is C16H17N3O2. The molecule has 0 spiro atoms. The van der Waals surface area contributed by atoms with Crippen LogP contribution in [-0.2, 0) is 6.54 Å². The van der Waals surface area contributed by atoms with Crippen LogP contribution in [0.1, 0.15) is 32.7 Å². The Morgan fingerprint density at radius 1 is 1.43 bits per heavy atom. The molecule has 1 heterocycles. The molecule has 2 aromatic rings. The Morgan fingerprint density at radius 3 is 2.90 bits per heavy atom. The molecule has 3 N–H and O–H groups in total. The summed E-state index contributed by atoms with van der Waals surface area (Å²) >= 11 is 0. The van der Waals surface area contributed by atoms with Crippen molar-refractivity contribution < 1.29 is 9.90 Å². The second-order valence-corrected chi connectivity index (χ2v) is 4.69. The third kappa shape index (κ3) is 3.71. The lowest BCUT2D eigenvalue weighted by molar-refractivity contribution is 0.0950. The first kappa shape index (κ1) is 14.8. The van der Waals surface area contributed by atoms with E-state index in [9.17, 15) is 4.79 Å². The number of carbonyl (C=O) groups excluding carboxylic acids is 1. The van der Waals surface area contributed by atoms with Gasteiger partial charge >= 0.3 is 0 Å². The van der Waals surface area contributed by atoms with Gasteiger partial charge in [0.15, 0.2) is 0 Å². The number of aromatic amines is 1. The third-order valence-electron chi connectivity index (χ3n) is 3.17. The molecule has 0 aliphatic carbocycles. The Bertz CT molecular complexity index is 708. The first-order valence-corrected chi connectivity index (χ1v) is 6.59. The van der Waals surface area contributed by atoms with Gasteiger partial charge in [-0.15, -0.1) is 0 Å². The molecule has 2 rings (SSSR count). The number of aromatic nitrogens is 2. The van der Waals surface area contributed by atoms with E-state index in [1.165, 1.54) is 0 Å². The number of rotatable bonds is 3. The normalized spacial score (nSPS) is 9.86. The van der Waals surface area contributed by atoms with E-state index in [0.717, 1.165) is 16.8 Å². The zero-order valence-electron chi connectivity index (χ0n) is 12.0. The molecule has 0 saturated carbocycles. The molecular weight excluding hydrogens is 266 g/mol. The molecule has 21 heavy (non-hydrogen) atoms. The van der Waals surface area contributed by atoms with Crippen LogP contribution in [0.5, 0.6) is 0 Å². The molecule has 0 aliphatic rings. The molecule has 0 radical (unpaired) electrons. The van der Waals surface area contributed by atoms with Crippen molar-refractivity contribution in [3.05, 3.63) is 52.3 Å². The molecule has 5 nitrogen and oxygen atoms in total. The van der Waals surface area contributed by atoms with Gasteiger partial charge in [0.25, 0.3) is 5.91 Å². The van der Waals surface area contributed by atoms with Crippen LogP contribution in [0, 0.1) is 25.7 Å². The van der Waals surface area contributed by atoms with Gasteiger partial charge in [-0.3, -0.25) is 9.89 Å². The first-order chi connectivity index (χ1) is 10.1. The number of hydrogen-bond acceptors (Lipinski definition) is 3. The van der Waals surface area contributed by atoms with Gasteiger partial charge in [0, 0.05) is 28.9 Å². The topological polar surface area (TPSA) is 78.0 Å². The van der Waals surface area contributed by atoms with E-state index in [1.54, 1.807) is 12.3 Å². The molecule has 0 unspecified atom stereocenters. The van der Waals surface area contributed by atoms with E-state index in [1.807, 2.05) is 26.0 Å². The Hall–Kier alpha value is -2.58. The summed E-state index contributed by atoms with van der Waals surface area (Å²) in [6.07, 6.45) is 1.70. The van der Waals surface area contributed by atoms with Gasteiger partial charge in [-0.05, 0) is 31.5 Å². The monoisotopic (exact) mass is 283 g/mol. The highest BCUT2D eigenvalue weighted by atomic mass is 16.2. The maximum atomic E-state index is 12.3. The molecule has 0 fully saturated rings. The molecule has 0 bridgehead atoms. The van der Waals surface area contributed by atoms with Crippen LogP contribution in [0.2, 0.25) is 0 Å². The van der Waals surface area contributed by atoms with Crippen molar-refractivity contribution in [3.8, 4) is 11.8 Å².